The summed E-state index contributed by atoms with van der Waals surface area (Å²) in [6.07, 6.45) is 8.10. The summed E-state index contributed by atoms with van der Waals surface area (Å²) in [5.74, 6) is 1.56. The lowest BCUT2D eigenvalue weighted by molar-refractivity contribution is 0.198. The summed E-state index contributed by atoms with van der Waals surface area (Å²) < 4.78 is 1.88. The molecule has 2 aromatic heterocycles. The van der Waals surface area contributed by atoms with Crippen molar-refractivity contribution in [3.63, 3.8) is 0 Å². The molecular weight excluding hydrogens is 348 g/mol. The van der Waals surface area contributed by atoms with Crippen molar-refractivity contribution in [2.24, 2.45) is 5.92 Å². The van der Waals surface area contributed by atoms with Crippen LogP contribution < -0.4 is 4.90 Å². The maximum Gasteiger partial charge on any atom is 0.225 e. The second-order valence-corrected chi connectivity index (χ2v) is 7.78. The standard InChI is InChI=1S/C22H28N6/c1-17(26(2)3)18-10-13-27(14-11-18)22-23-12-9-21(25-22)19-15-24-28(16-19)20-7-5-4-6-8-20/h4-9,12,15-18H,10-11,13-14H2,1-3H3. The van der Waals surface area contributed by atoms with Crippen LogP contribution in [0.25, 0.3) is 16.9 Å². The van der Waals surface area contributed by atoms with E-state index < -0.39 is 0 Å². The van der Waals surface area contributed by atoms with E-state index in [0.29, 0.717) is 6.04 Å². The number of piperidine rings is 1. The Labute approximate surface area is 166 Å². The second kappa shape index (κ2) is 8.10. The van der Waals surface area contributed by atoms with Crippen LogP contribution in [-0.2, 0) is 0 Å². The highest BCUT2D eigenvalue weighted by atomic mass is 15.3. The van der Waals surface area contributed by atoms with Crippen LogP contribution in [0.4, 0.5) is 5.95 Å². The Bertz CT molecular complexity index is 896. The molecule has 4 rings (SSSR count). The molecule has 0 amide bonds. The van der Waals surface area contributed by atoms with Crippen molar-refractivity contribution in [2.75, 3.05) is 32.1 Å². The number of rotatable bonds is 5. The van der Waals surface area contributed by atoms with Gasteiger partial charge >= 0.3 is 0 Å². The van der Waals surface area contributed by atoms with E-state index in [1.165, 1.54) is 12.8 Å². The summed E-state index contributed by atoms with van der Waals surface area (Å²) in [6, 6.07) is 12.7. The first kappa shape index (κ1) is 18.6. The van der Waals surface area contributed by atoms with Crippen molar-refractivity contribution in [3.8, 4) is 16.9 Å². The molecule has 1 unspecified atom stereocenters. The Morgan fingerprint density at radius 1 is 1.07 bits per heavy atom. The first-order chi connectivity index (χ1) is 13.6. The van der Waals surface area contributed by atoms with E-state index in [4.69, 9.17) is 4.98 Å². The van der Waals surface area contributed by atoms with Gasteiger partial charge in [0.25, 0.3) is 0 Å². The van der Waals surface area contributed by atoms with Gasteiger partial charge in [0.05, 0.1) is 17.6 Å². The van der Waals surface area contributed by atoms with Gasteiger partial charge in [-0.25, -0.2) is 14.6 Å². The predicted molar refractivity (Wildman–Crippen MR) is 113 cm³/mol. The van der Waals surface area contributed by atoms with Crippen LogP contribution in [0.5, 0.6) is 0 Å². The number of anilines is 1. The summed E-state index contributed by atoms with van der Waals surface area (Å²) in [7, 11) is 4.33. The third-order valence-corrected chi connectivity index (χ3v) is 5.86. The van der Waals surface area contributed by atoms with E-state index >= 15 is 0 Å². The minimum absolute atomic E-state index is 0.609. The maximum absolute atomic E-state index is 4.83. The summed E-state index contributed by atoms with van der Waals surface area (Å²) in [4.78, 5) is 14.0. The molecule has 6 heteroatoms. The zero-order valence-electron chi connectivity index (χ0n) is 16.9. The molecule has 1 atom stereocenters. The molecule has 1 saturated heterocycles. The highest BCUT2D eigenvalue weighted by molar-refractivity contribution is 5.59. The molecule has 0 radical (unpaired) electrons. The van der Waals surface area contributed by atoms with Gasteiger partial charge in [-0.1, -0.05) is 18.2 Å². The van der Waals surface area contributed by atoms with Crippen LogP contribution in [0.3, 0.4) is 0 Å². The summed E-state index contributed by atoms with van der Waals surface area (Å²) in [6.45, 7) is 4.34. The fraction of sp³-hybridized carbons (Fsp3) is 0.409. The summed E-state index contributed by atoms with van der Waals surface area (Å²) in [5.41, 5.74) is 2.96. The molecule has 0 saturated carbocycles. The van der Waals surface area contributed by atoms with Crippen LogP contribution in [0.15, 0.2) is 55.0 Å². The molecule has 1 aliphatic rings. The molecule has 1 fully saturated rings. The zero-order chi connectivity index (χ0) is 19.5. The van der Waals surface area contributed by atoms with Gasteiger partial charge in [0.2, 0.25) is 5.95 Å². The Hall–Kier alpha value is -2.73. The molecule has 3 aromatic rings. The summed E-state index contributed by atoms with van der Waals surface area (Å²) in [5, 5.41) is 4.49. The number of para-hydroxylation sites is 1. The van der Waals surface area contributed by atoms with E-state index in [-0.39, 0.29) is 0 Å². The first-order valence-corrected chi connectivity index (χ1v) is 9.96. The Morgan fingerprint density at radius 3 is 2.54 bits per heavy atom. The molecule has 146 valence electrons. The molecule has 6 nitrogen and oxygen atoms in total. The first-order valence-electron chi connectivity index (χ1n) is 9.96. The van der Waals surface area contributed by atoms with E-state index in [2.05, 4.69) is 40.9 Å². The largest absolute Gasteiger partial charge is 0.341 e. The van der Waals surface area contributed by atoms with Crippen molar-refractivity contribution in [2.45, 2.75) is 25.8 Å². The van der Waals surface area contributed by atoms with Crippen LogP contribution in [-0.4, -0.2) is 57.9 Å². The van der Waals surface area contributed by atoms with Gasteiger partial charge in [-0.3, -0.25) is 0 Å². The van der Waals surface area contributed by atoms with Gasteiger partial charge in [-0.15, -0.1) is 0 Å². The number of hydrogen-bond acceptors (Lipinski definition) is 5. The fourth-order valence-corrected chi connectivity index (χ4v) is 3.84. The quantitative estimate of drug-likeness (QED) is 0.682. The minimum atomic E-state index is 0.609. The fourth-order valence-electron chi connectivity index (χ4n) is 3.84. The molecule has 0 spiro atoms. The van der Waals surface area contributed by atoms with Gasteiger partial charge < -0.3 is 9.80 Å². The van der Waals surface area contributed by atoms with E-state index in [1.807, 2.05) is 59.7 Å². The lowest BCUT2D eigenvalue weighted by Crippen LogP contribution is -2.42. The molecule has 0 N–H and O–H groups in total. The number of nitrogens with zero attached hydrogens (tertiary/aromatic N) is 6. The third-order valence-electron chi connectivity index (χ3n) is 5.86. The Balaban J connectivity index is 1.48. The van der Waals surface area contributed by atoms with Crippen LogP contribution in [0.1, 0.15) is 19.8 Å². The van der Waals surface area contributed by atoms with Gasteiger partial charge in [0.15, 0.2) is 0 Å². The van der Waals surface area contributed by atoms with Gasteiger partial charge in [0, 0.05) is 37.1 Å². The lowest BCUT2D eigenvalue weighted by Gasteiger charge is -2.37. The molecular formula is C22H28N6. The number of aromatic nitrogens is 4. The Kier molecular flexibility index (Phi) is 5.39. The third kappa shape index (κ3) is 3.92. The van der Waals surface area contributed by atoms with Crippen LogP contribution in [0.2, 0.25) is 0 Å². The van der Waals surface area contributed by atoms with Crippen molar-refractivity contribution in [1.82, 2.24) is 24.6 Å². The smallest absolute Gasteiger partial charge is 0.225 e. The highest BCUT2D eigenvalue weighted by Crippen LogP contribution is 2.26. The topological polar surface area (TPSA) is 50.1 Å². The van der Waals surface area contributed by atoms with Crippen molar-refractivity contribution in [3.05, 3.63) is 55.0 Å². The van der Waals surface area contributed by atoms with Gasteiger partial charge in [-0.2, -0.15) is 5.10 Å². The van der Waals surface area contributed by atoms with Crippen molar-refractivity contribution < 1.29 is 0 Å². The van der Waals surface area contributed by atoms with E-state index in [9.17, 15) is 0 Å². The molecule has 0 aliphatic carbocycles. The highest BCUT2D eigenvalue weighted by Gasteiger charge is 2.26. The average Bonchev–Trinajstić information content (AvgIpc) is 3.24. The minimum Gasteiger partial charge on any atom is -0.341 e. The van der Waals surface area contributed by atoms with Gasteiger partial charge in [-0.05, 0) is 58.0 Å². The monoisotopic (exact) mass is 376 g/mol. The van der Waals surface area contributed by atoms with Crippen molar-refractivity contribution in [1.29, 1.82) is 0 Å². The van der Waals surface area contributed by atoms with E-state index in [0.717, 1.165) is 41.9 Å². The SMILES string of the molecule is CC(C1CCN(c2nccc(-c3cnn(-c4ccccc4)c3)n2)CC1)N(C)C. The second-order valence-electron chi connectivity index (χ2n) is 7.78. The van der Waals surface area contributed by atoms with E-state index in [1.54, 1.807) is 0 Å². The van der Waals surface area contributed by atoms with Gasteiger partial charge in [0.1, 0.15) is 0 Å². The molecule has 1 aliphatic heterocycles. The molecule has 3 heterocycles. The molecule has 28 heavy (non-hydrogen) atoms. The summed E-state index contributed by atoms with van der Waals surface area (Å²) >= 11 is 0. The Morgan fingerprint density at radius 2 is 1.82 bits per heavy atom. The zero-order valence-corrected chi connectivity index (χ0v) is 16.9. The van der Waals surface area contributed by atoms with Crippen LogP contribution in [0, 0.1) is 5.92 Å². The lowest BCUT2D eigenvalue weighted by atomic mass is 9.90. The number of benzene rings is 1. The average molecular weight is 377 g/mol. The molecule has 0 bridgehead atoms. The predicted octanol–water partition coefficient (Wildman–Crippen LogP) is 3.50. The maximum atomic E-state index is 4.83. The normalized spacial score (nSPS) is 16.5. The van der Waals surface area contributed by atoms with Crippen molar-refractivity contribution >= 4 is 5.95 Å². The number of hydrogen-bond donors (Lipinski definition) is 0. The van der Waals surface area contributed by atoms with Crippen LogP contribution >= 0.6 is 0 Å². The molecule has 1 aromatic carbocycles.